The molecular weight excluding hydrogens is 298 g/mol. The summed E-state index contributed by atoms with van der Waals surface area (Å²) < 4.78 is 10.4. The van der Waals surface area contributed by atoms with Gasteiger partial charge in [0, 0.05) is 6.42 Å². The normalized spacial score (nSPS) is 20.3. The average Bonchev–Trinajstić information content (AvgIpc) is 2.42. The molecule has 0 spiro atoms. The lowest BCUT2D eigenvalue weighted by molar-refractivity contribution is -0.156. The fourth-order valence-electron chi connectivity index (χ4n) is 2.38. The Balaban J connectivity index is 2.03. The first-order chi connectivity index (χ1) is 10.6. The van der Waals surface area contributed by atoms with E-state index in [9.17, 15) is 14.4 Å². The summed E-state index contributed by atoms with van der Waals surface area (Å²) >= 11 is 0. The number of cyclic esters (lactones) is 1. The molecule has 0 fully saturated rings. The predicted octanol–water partition coefficient (Wildman–Crippen LogP) is 1.62. The minimum absolute atomic E-state index is 0.259. The van der Waals surface area contributed by atoms with Gasteiger partial charge in [-0.1, -0.05) is 18.2 Å². The first-order valence-electron chi connectivity index (χ1n) is 7.42. The molecule has 1 aliphatic heterocycles. The van der Waals surface area contributed by atoms with Gasteiger partial charge < -0.3 is 14.8 Å². The van der Waals surface area contributed by atoms with E-state index in [1.165, 1.54) is 6.92 Å². The van der Waals surface area contributed by atoms with Gasteiger partial charge in [-0.15, -0.1) is 0 Å². The summed E-state index contributed by atoms with van der Waals surface area (Å²) in [6.07, 6.45) is 0.259. The van der Waals surface area contributed by atoms with Crippen LogP contribution >= 0.6 is 0 Å². The topological polar surface area (TPSA) is 81.7 Å². The van der Waals surface area contributed by atoms with E-state index >= 15 is 0 Å². The largest absolute Gasteiger partial charge is 0.459 e. The molecule has 1 aromatic carbocycles. The van der Waals surface area contributed by atoms with Crippen LogP contribution in [0.1, 0.15) is 43.6 Å². The number of esters is 2. The zero-order valence-electron chi connectivity index (χ0n) is 13.8. The Bertz CT molecular complexity index is 647. The molecule has 124 valence electrons. The van der Waals surface area contributed by atoms with Crippen molar-refractivity contribution in [3.63, 3.8) is 0 Å². The maximum Gasteiger partial charge on any atom is 0.339 e. The second kappa shape index (κ2) is 6.02. The van der Waals surface area contributed by atoms with Gasteiger partial charge in [-0.2, -0.15) is 0 Å². The van der Waals surface area contributed by atoms with Gasteiger partial charge in [0.2, 0.25) is 0 Å². The maximum absolute atomic E-state index is 12.3. The second-order valence-electron chi connectivity index (χ2n) is 6.72. The van der Waals surface area contributed by atoms with Crippen LogP contribution in [-0.2, 0) is 25.5 Å². The molecule has 23 heavy (non-hydrogen) atoms. The number of carbonyl (C=O) groups is 3. The van der Waals surface area contributed by atoms with Gasteiger partial charge in [0.15, 0.2) is 5.60 Å². The van der Waals surface area contributed by atoms with Crippen LogP contribution in [0.15, 0.2) is 24.3 Å². The highest BCUT2D eigenvalue weighted by molar-refractivity contribution is 5.98. The van der Waals surface area contributed by atoms with E-state index in [0.717, 1.165) is 5.56 Å². The lowest BCUT2D eigenvalue weighted by Crippen LogP contribution is -2.52. The van der Waals surface area contributed by atoms with Gasteiger partial charge in [-0.3, -0.25) is 9.59 Å². The summed E-state index contributed by atoms with van der Waals surface area (Å²) in [6.45, 7) is 6.49. The van der Waals surface area contributed by atoms with E-state index in [1.807, 2.05) is 0 Å². The molecule has 1 unspecified atom stereocenters. The van der Waals surface area contributed by atoms with Crippen LogP contribution in [0.5, 0.6) is 0 Å². The van der Waals surface area contributed by atoms with E-state index < -0.39 is 29.0 Å². The van der Waals surface area contributed by atoms with E-state index in [-0.39, 0.29) is 13.0 Å². The number of carbonyl (C=O) groups excluding carboxylic acids is 3. The standard InChI is InChI=1S/C17H21NO5/c1-16(2,3)22-13(19)10-18-15(21)17(4)9-11-7-5-6-8-12(11)14(20)23-17/h5-8H,9-10H2,1-4H3,(H,18,21). The molecule has 0 radical (unpaired) electrons. The first kappa shape index (κ1) is 17.0. The molecule has 1 atom stereocenters. The number of nitrogens with one attached hydrogen (secondary N) is 1. The van der Waals surface area contributed by atoms with Gasteiger partial charge in [0.05, 0.1) is 5.56 Å². The molecule has 0 aliphatic carbocycles. The van der Waals surface area contributed by atoms with E-state index in [0.29, 0.717) is 5.56 Å². The molecule has 6 heteroatoms. The summed E-state index contributed by atoms with van der Waals surface area (Å²) in [4.78, 5) is 36.1. The molecule has 6 nitrogen and oxygen atoms in total. The van der Waals surface area contributed by atoms with Crippen LogP contribution in [0.3, 0.4) is 0 Å². The molecular formula is C17H21NO5. The molecule has 1 aliphatic rings. The highest BCUT2D eigenvalue weighted by Gasteiger charge is 2.42. The molecule has 0 aromatic heterocycles. The Hall–Kier alpha value is -2.37. The Labute approximate surface area is 135 Å². The third kappa shape index (κ3) is 4.09. The van der Waals surface area contributed by atoms with Crippen molar-refractivity contribution in [1.29, 1.82) is 0 Å². The number of ether oxygens (including phenoxy) is 2. The smallest absolute Gasteiger partial charge is 0.339 e. The predicted molar refractivity (Wildman–Crippen MR) is 82.8 cm³/mol. The minimum atomic E-state index is -1.34. The van der Waals surface area contributed by atoms with Gasteiger partial charge in [0.1, 0.15) is 12.1 Å². The third-order valence-electron chi connectivity index (χ3n) is 3.38. The molecule has 1 heterocycles. The van der Waals surface area contributed by atoms with E-state index in [2.05, 4.69) is 5.32 Å². The van der Waals surface area contributed by atoms with Crippen LogP contribution in [-0.4, -0.2) is 35.6 Å². The SMILES string of the molecule is CC(C)(C)OC(=O)CNC(=O)C1(C)Cc2ccccc2C(=O)O1. The summed E-state index contributed by atoms with van der Waals surface area (Å²) in [5, 5.41) is 2.48. The van der Waals surface area contributed by atoms with Gasteiger partial charge in [-0.05, 0) is 39.3 Å². The molecule has 0 saturated heterocycles. The Morgan fingerprint density at radius 3 is 2.61 bits per heavy atom. The fraction of sp³-hybridized carbons (Fsp3) is 0.471. The van der Waals surface area contributed by atoms with Crippen molar-refractivity contribution < 1.29 is 23.9 Å². The lowest BCUT2D eigenvalue weighted by atomic mass is 9.89. The van der Waals surface area contributed by atoms with Crippen LogP contribution in [0.2, 0.25) is 0 Å². The van der Waals surface area contributed by atoms with E-state index in [1.54, 1.807) is 45.0 Å². The Morgan fingerprint density at radius 2 is 1.96 bits per heavy atom. The number of benzene rings is 1. The molecule has 2 rings (SSSR count). The molecule has 0 bridgehead atoms. The number of fused-ring (bicyclic) bond motifs is 1. The van der Waals surface area contributed by atoms with Crippen molar-refractivity contribution in [3.8, 4) is 0 Å². The summed E-state index contributed by atoms with van der Waals surface area (Å²) in [6, 6.07) is 6.99. The van der Waals surface area contributed by atoms with E-state index in [4.69, 9.17) is 9.47 Å². The van der Waals surface area contributed by atoms with Crippen molar-refractivity contribution >= 4 is 17.8 Å². The molecule has 0 saturated carbocycles. The maximum atomic E-state index is 12.3. The highest BCUT2D eigenvalue weighted by atomic mass is 16.6. The van der Waals surface area contributed by atoms with Crippen molar-refractivity contribution in [3.05, 3.63) is 35.4 Å². The highest BCUT2D eigenvalue weighted by Crippen LogP contribution is 2.28. The zero-order chi connectivity index (χ0) is 17.3. The summed E-state index contributed by atoms with van der Waals surface area (Å²) in [7, 11) is 0. The van der Waals surface area contributed by atoms with Crippen LogP contribution in [0, 0.1) is 0 Å². The minimum Gasteiger partial charge on any atom is -0.459 e. The van der Waals surface area contributed by atoms with Crippen LogP contribution in [0.4, 0.5) is 0 Å². The quantitative estimate of drug-likeness (QED) is 0.856. The second-order valence-corrected chi connectivity index (χ2v) is 6.72. The Morgan fingerprint density at radius 1 is 1.30 bits per heavy atom. The van der Waals surface area contributed by atoms with Crippen molar-refractivity contribution in [2.24, 2.45) is 0 Å². The summed E-state index contributed by atoms with van der Waals surface area (Å²) in [5.74, 6) is -1.61. The molecule has 1 aromatic rings. The number of rotatable bonds is 3. The molecule has 1 amide bonds. The van der Waals surface area contributed by atoms with Crippen molar-refractivity contribution in [1.82, 2.24) is 5.32 Å². The average molecular weight is 319 g/mol. The Kier molecular flexibility index (Phi) is 4.45. The van der Waals surface area contributed by atoms with Gasteiger partial charge >= 0.3 is 11.9 Å². The van der Waals surface area contributed by atoms with Crippen LogP contribution in [0.25, 0.3) is 0 Å². The van der Waals surface area contributed by atoms with Crippen molar-refractivity contribution in [2.45, 2.75) is 45.3 Å². The zero-order valence-corrected chi connectivity index (χ0v) is 13.8. The number of hydrogen-bond donors (Lipinski definition) is 1. The van der Waals surface area contributed by atoms with Crippen molar-refractivity contribution in [2.75, 3.05) is 6.54 Å². The lowest BCUT2D eigenvalue weighted by Gasteiger charge is -2.33. The molecule has 1 N–H and O–H groups in total. The summed E-state index contributed by atoms with van der Waals surface area (Å²) in [5.41, 5.74) is -0.751. The number of hydrogen-bond acceptors (Lipinski definition) is 5. The fourth-order valence-corrected chi connectivity index (χ4v) is 2.38. The van der Waals surface area contributed by atoms with Gasteiger partial charge in [0.25, 0.3) is 5.91 Å². The first-order valence-corrected chi connectivity index (χ1v) is 7.42. The monoisotopic (exact) mass is 319 g/mol. The number of amides is 1. The third-order valence-corrected chi connectivity index (χ3v) is 3.38. The van der Waals surface area contributed by atoms with Crippen LogP contribution < -0.4 is 5.32 Å². The van der Waals surface area contributed by atoms with Gasteiger partial charge in [-0.25, -0.2) is 4.79 Å².